The van der Waals surface area contributed by atoms with Gasteiger partial charge in [-0.3, -0.25) is 0 Å². The van der Waals surface area contributed by atoms with Crippen LogP contribution in [0.15, 0.2) is 36.8 Å². The number of aromatic nitrogens is 3. The molecule has 0 spiro atoms. The van der Waals surface area contributed by atoms with Gasteiger partial charge >= 0.3 is 0 Å². The fourth-order valence-electron chi connectivity index (χ4n) is 1.41. The molecule has 0 unspecified atom stereocenters. The van der Waals surface area contributed by atoms with Crippen LogP contribution in [0.3, 0.4) is 0 Å². The number of nitrogens with zero attached hydrogens (tertiary/aromatic N) is 4. The van der Waals surface area contributed by atoms with Crippen molar-refractivity contribution in [2.45, 2.75) is 19.4 Å². The second-order valence-corrected chi connectivity index (χ2v) is 4.49. The van der Waals surface area contributed by atoms with Gasteiger partial charge < -0.3 is 10.6 Å². The molecular weight excluding hydrogens is 240 g/mol. The molecule has 96 valence electrons. The highest BCUT2D eigenvalue weighted by Crippen LogP contribution is 2.16. The van der Waals surface area contributed by atoms with Gasteiger partial charge in [-0.15, -0.1) is 0 Å². The minimum atomic E-state index is -0.684. The Labute approximate surface area is 111 Å². The fourth-order valence-corrected chi connectivity index (χ4v) is 1.41. The van der Waals surface area contributed by atoms with Gasteiger partial charge in [-0.1, -0.05) is 6.07 Å². The summed E-state index contributed by atoms with van der Waals surface area (Å²) in [5.41, 5.74) is -0.684. The Morgan fingerprint density at radius 1 is 1.11 bits per heavy atom. The van der Waals surface area contributed by atoms with E-state index < -0.39 is 5.54 Å². The summed E-state index contributed by atoms with van der Waals surface area (Å²) in [5.74, 6) is 1.90. The van der Waals surface area contributed by atoms with Crippen LogP contribution in [0, 0.1) is 11.3 Å². The molecule has 19 heavy (non-hydrogen) atoms. The second-order valence-electron chi connectivity index (χ2n) is 4.49. The van der Waals surface area contributed by atoms with Crippen LogP contribution in [-0.2, 0) is 0 Å². The van der Waals surface area contributed by atoms with Crippen molar-refractivity contribution >= 4 is 17.5 Å². The molecule has 0 aliphatic carbocycles. The quantitative estimate of drug-likeness (QED) is 0.870. The van der Waals surface area contributed by atoms with Crippen LogP contribution in [0.5, 0.6) is 0 Å². The smallest absolute Gasteiger partial charge is 0.137 e. The van der Waals surface area contributed by atoms with Gasteiger partial charge in [0.1, 0.15) is 29.3 Å². The largest absolute Gasteiger partial charge is 0.352 e. The first-order valence-electron chi connectivity index (χ1n) is 5.79. The lowest BCUT2D eigenvalue weighted by molar-refractivity contribution is 0.723. The highest BCUT2D eigenvalue weighted by atomic mass is 15.1. The number of anilines is 3. The Morgan fingerprint density at radius 2 is 1.89 bits per heavy atom. The van der Waals surface area contributed by atoms with Crippen LogP contribution < -0.4 is 10.6 Å². The third-order valence-electron chi connectivity index (χ3n) is 2.31. The summed E-state index contributed by atoms with van der Waals surface area (Å²) in [5, 5.41) is 15.1. The Balaban J connectivity index is 2.14. The second kappa shape index (κ2) is 5.31. The van der Waals surface area contributed by atoms with E-state index in [0.29, 0.717) is 17.5 Å². The van der Waals surface area contributed by atoms with E-state index in [4.69, 9.17) is 5.26 Å². The van der Waals surface area contributed by atoms with Gasteiger partial charge in [0.05, 0.1) is 6.07 Å². The summed E-state index contributed by atoms with van der Waals surface area (Å²) in [6.07, 6.45) is 3.13. The van der Waals surface area contributed by atoms with Crippen molar-refractivity contribution < 1.29 is 0 Å². The van der Waals surface area contributed by atoms with E-state index in [-0.39, 0.29) is 0 Å². The predicted octanol–water partition coefficient (Wildman–Crippen LogP) is 2.33. The average molecular weight is 254 g/mol. The molecule has 0 aromatic carbocycles. The zero-order valence-corrected chi connectivity index (χ0v) is 10.8. The van der Waals surface area contributed by atoms with Crippen LogP contribution >= 0.6 is 0 Å². The number of nitriles is 1. The van der Waals surface area contributed by atoms with Crippen molar-refractivity contribution in [2.75, 3.05) is 10.6 Å². The third kappa shape index (κ3) is 3.64. The molecule has 0 radical (unpaired) electrons. The minimum absolute atomic E-state index is 0.583. The topological polar surface area (TPSA) is 86.5 Å². The molecule has 0 aliphatic heterocycles. The minimum Gasteiger partial charge on any atom is -0.352 e. The van der Waals surface area contributed by atoms with E-state index in [1.165, 1.54) is 6.33 Å². The molecule has 2 N–H and O–H groups in total. The molecule has 6 nitrogen and oxygen atoms in total. The normalized spacial score (nSPS) is 10.6. The first-order chi connectivity index (χ1) is 9.09. The van der Waals surface area contributed by atoms with E-state index in [2.05, 4.69) is 31.7 Å². The molecule has 0 amide bonds. The van der Waals surface area contributed by atoms with Gasteiger partial charge in [-0.2, -0.15) is 5.26 Å². The number of hydrogen-bond acceptors (Lipinski definition) is 6. The van der Waals surface area contributed by atoms with Crippen LogP contribution in [0.2, 0.25) is 0 Å². The summed E-state index contributed by atoms with van der Waals surface area (Å²) >= 11 is 0. The molecule has 0 atom stereocenters. The SMILES string of the molecule is CC(C)(C#N)Nc1cc(Nc2ccccn2)ncn1. The molecule has 2 aromatic heterocycles. The average Bonchev–Trinajstić information content (AvgIpc) is 2.40. The van der Waals surface area contributed by atoms with Crippen LogP contribution in [0.4, 0.5) is 17.5 Å². The van der Waals surface area contributed by atoms with Gasteiger partial charge in [0.15, 0.2) is 0 Å². The molecule has 0 aliphatic rings. The lowest BCUT2D eigenvalue weighted by Crippen LogP contribution is -2.28. The van der Waals surface area contributed by atoms with Crippen molar-refractivity contribution in [3.8, 4) is 6.07 Å². The van der Waals surface area contributed by atoms with Crippen molar-refractivity contribution in [2.24, 2.45) is 0 Å². The van der Waals surface area contributed by atoms with Gasteiger partial charge in [0, 0.05) is 12.3 Å². The van der Waals surface area contributed by atoms with E-state index in [9.17, 15) is 0 Å². The number of pyridine rings is 1. The first kappa shape index (κ1) is 12.8. The Kier molecular flexibility index (Phi) is 3.57. The number of hydrogen-bond donors (Lipinski definition) is 2. The lowest BCUT2D eigenvalue weighted by Gasteiger charge is -2.18. The Hall–Kier alpha value is -2.68. The van der Waals surface area contributed by atoms with Crippen LogP contribution in [-0.4, -0.2) is 20.5 Å². The molecule has 0 fully saturated rings. The van der Waals surface area contributed by atoms with E-state index >= 15 is 0 Å². The van der Waals surface area contributed by atoms with E-state index in [0.717, 1.165) is 0 Å². The Morgan fingerprint density at radius 3 is 2.58 bits per heavy atom. The van der Waals surface area contributed by atoms with Crippen molar-refractivity contribution in [3.63, 3.8) is 0 Å². The van der Waals surface area contributed by atoms with Gasteiger partial charge in [0.2, 0.25) is 0 Å². The highest BCUT2D eigenvalue weighted by molar-refractivity contribution is 5.56. The first-order valence-corrected chi connectivity index (χ1v) is 5.79. The molecule has 0 bridgehead atoms. The highest BCUT2D eigenvalue weighted by Gasteiger charge is 2.16. The number of nitrogens with one attached hydrogen (secondary N) is 2. The maximum absolute atomic E-state index is 8.98. The van der Waals surface area contributed by atoms with Gasteiger partial charge in [-0.25, -0.2) is 15.0 Å². The summed E-state index contributed by atoms with van der Waals surface area (Å²) in [6.45, 7) is 3.56. The van der Waals surface area contributed by atoms with Crippen LogP contribution in [0.1, 0.15) is 13.8 Å². The summed E-state index contributed by atoms with van der Waals surface area (Å²) < 4.78 is 0. The molecule has 2 aromatic rings. The zero-order chi connectivity index (χ0) is 13.7. The monoisotopic (exact) mass is 254 g/mol. The standard InChI is InChI=1S/C13H14N6/c1-13(2,8-14)19-12-7-11(16-9-17-12)18-10-5-3-4-6-15-10/h3-7,9H,1-2H3,(H2,15,16,17,18,19). The maximum atomic E-state index is 8.98. The summed E-state index contributed by atoms with van der Waals surface area (Å²) in [6, 6.07) is 9.45. The lowest BCUT2D eigenvalue weighted by atomic mass is 10.1. The maximum Gasteiger partial charge on any atom is 0.137 e. The third-order valence-corrected chi connectivity index (χ3v) is 2.31. The summed E-state index contributed by atoms with van der Waals surface area (Å²) in [4.78, 5) is 12.3. The predicted molar refractivity (Wildman–Crippen MR) is 72.9 cm³/mol. The van der Waals surface area contributed by atoms with Crippen molar-refractivity contribution in [1.82, 2.24) is 15.0 Å². The van der Waals surface area contributed by atoms with E-state index in [1.807, 2.05) is 18.2 Å². The Bertz CT molecular complexity index is 588. The van der Waals surface area contributed by atoms with Gasteiger partial charge in [-0.05, 0) is 26.0 Å². The zero-order valence-electron chi connectivity index (χ0n) is 10.8. The van der Waals surface area contributed by atoms with Crippen molar-refractivity contribution in [1.29, 1.82) is 5.26 Å². The molecule has 0 saturated carbocycles. The molecular formula is C13H14N6. The van der Waals surface area contributed by atoms with Gasteiger partial charge in [0.25, 0.3) is 0 Å². The summed E-state index contributed by atoms with van der Waals surface area (Å²) in [7, 11) is 0. The van der Waals surface area contributed by atoms with E-state index in [1.54, 1.807) is 26.1 Å². The van der Waals surface area contributed by atoms with Crippen LogP contribution in [0.25, 0.3) is 0 Å². The molecule has 6 heteroatoms. The molecule has 2 heterocycles. The molecule has 0 saturated heterocycles. The van der Waals surface area contributed by atoms with Crippen molar-refractivity contribution in [3.05, 3.63) is 36.8 Å². The fraction of sp³-hybridized carbons (Fsp3) is 0.231. The number of rotatable bonds is 4. The molecule has 2 rings (SSSR count).